The van der Waals surface area contributed by atoms with E-state index in [1.807, 2.05) is 20.8 Å². The van der Waals surface area contributed by atoms with Crippen LogP contribution in [0.2, 0.25) is 5.02 Å². The maximum Gasteiger partial charge on any atom is 0.305 e. The Morgan fingerprint density at radius 2 is 2.11 bits per heavy atom. The average Bonchev–Trinajstić information content (AvgIpc) is 2.98. The van der Waals surface area contributed by atoms with E-state index in [9.17, 15) is 14.3 Å². The smallest absolute Gasteiger partial charge is 0.305 e. The van der Waals surface area contributed by atoms with E-state index >= 15 is 0 Å². The molecule has 3 aromatic heterocycles. The van der Waals surface area contributed by atoms with E-state index in [0.29, 0.717) is 28.2 Å². The lowest BCUT2D eigenvalue weighted by Gasteiger charge is -2.31. The Balaban J connectivity index is 2.01. The van der Waals surface area contributed by atoms with E-state index in [1.54, 1.807) is 6.20 Å². The summed E-state index contributed by atoms with van der Waals surface area (Å²) in [6.07, 6.45) is 4.10. The number of carboxylic acid groups (broad SMARTS) is 1. The van der Waals surface area contributed by atoms with E-state index in [-0.39, 0.29) is 16.9 Å². The fourth-order valence-electron chi connectivity index (χ4n) is 2.67. The third-order valence-corrected chi connectivity index (χ3v) is 4.49. The third kappa shape index (κ3) is 4.16. The normalized spacial score (nSPS) is 12.9. The van der Waals surface area contributed by atoms with Crippen LogP contribution in [0.1, 0.15) is 27.2 Å². The number of hydrogen-bond acceptors (Lipinski definition) is 5. The summed E-state index contributed by atoms with van der Waals surface area (Å²) in [6.45, 7) is 5.78. The molecule has 0 radical (unpaired) electrons. The van der Waals surface area contributed by atoms with Gasteiger partial charge >= 0.3 is 5.97 Å². The highest BCUT2D eigenvalue weighted by molar-refractivity contribution is 6.32. The second-order valence-electron chi connectivity index (χ2n) is 7.30. The lowest BCUT2D eigenvalue weighted by atomic mass is 9.85. The molecule has 0 amide bonds. The number of aliphatic carboxylic acids is 1. The first-order valence-corrected chi connectivity index (χ1v) is 8.67. The van der Waals surface area contributed by atoms with Crippen molar-refractivity contribution >= 4 is 34.4 Å². The van der Waals surface area contributed by atoms with Gasteiger partial charge in [0.25, 0.3) is 0 Å². The molecule has 3 aromatic rings. The van der Waals surface area contributed by atoms with E-state index in [2.05, 4.69) is 25.3 Å². The van der Waals surface area contributed by atoms with Crippen molar-refractivity contribution in [2.45, 2.75) is 33.2 Å². The maximum atomic E-state index is 13.6. The van der Waals surface area contributed by atoms with Crippen LogP contribution in [0, 0.1) is 11.2 Å². The number of pyridine rings is 1. The molecule has 27 heavy (non-hydrogen) atoms. The Morgan fingerprint density at radius 1 is 1.37 bits per heavy atom. The number of carbonyl (C=O) groups is 1. The molecule has 0 saturated heterocycles. The number of carboxylic acids is 1. The van der Waals surface area contributed by atoms with Crippen molar-refractivity contribution in [3.05, 3.63) is 35.5 Å². The van der Waals surface area contributed by atoms with Crippen LogP contribution < -0.4 is 5.32 Å². The minimum absolute atomic E-state index is 0.0959. The van der Waals surface area contributed by atoms with Gasteiger partial charge in [0.05, 0.1) is 18.8 Å². The topological polar surface area (TPSA) is 104 Å². The van der Waals surface area contributed by atoms with Crippen LogP contribution in [0.4, 0.5) is 10.2 Å². The summed E-state index contributed by atoms with van der Waals surface area (Å²) in [5.41, 5.74) is 0.737. The van der Waals surface area contributed by atoms with Gasteiger partial charge in [-0.1, -0.05) is 32.4 Å². The van der Waals surface area contributed by atoms with Crippen molar-refractivity contribution in [3.8, 4) is 11.4 Å². The molecule has 0 fully saturated rings. The van der Waals surface area contributed by atoms with Gasteiger partial charge in [0.15, 0.2) is 5.82 Å². The van der Waals surface area contributed by atoms with Crippen molar-refractivity contribution in [3.63, 3.8) is 0 Å². The largest absolute Gasteiger partial charge is 0.481 e. The van der Waals surface area contributed by atoms with Gasteiger partial charge in [-0.2, -0.15) is 0 Å². The summed E-state index contributed by atoms with van der Waals surface area (Å²) in [4.78, 5) is 26.8. The lowest BCUT2D eigenvalue weighted by molar-refractivity contribution is -0.137. The third-order valence-electron chi connectivity index (χ3n) is 4.22. The standard InChI is InChI=1S/C18H19ClFN5O2/c1-18(2,3)13(5-14(26)27)24-17-12(19)8-23-16(25-17)11-7-22-15-10(11)4-9(20)6-21-15/h4,6-8,13H,5H2,1-3H3,(H,21,22)(H,26,27)(H,23,24,25). The Morgan fingerprint density at radius 3 is 2.78 bits per heavy atom. The van der Waals surface area contributed by atoms with Gasteiger partial charge in [-0.15, -0.1) is 0 Å². The number of rotatable bonds is 5. The first-order chi connectivity index (χ1) is 12.6. The van der Waals surface area contributed by atoms with Crippen LogP contribution in [0.15, 0.2) is 24.7 Å². The zero-order chi connectivity index (χ0) is 19.8. The molecule has 0 aromatic carbocycles. The van der Waals surface area contributed by atoms with Gasteiger partial charge in [0.1, 0.15) is 22.3 Å². The average molecular weight is 392 g/mol. The number of H-pyrrole nitrogens is 1. The maximum absolute atomic E-state index is 13.6. The van der Waals surface area contributed by atoms with E-state index in [0.717, 1.165) is 6.20 Å². The van der Waals surface area contributed by atoms with Crippen molar-refractivity contribution < 1.29 is 14.3 Å². The first kappa shape index (κ1) is 19.0. The Hall–Kier alpha value is -2.74. The minimum Gasteiger partial charge on any atom is -0.481 e. The Kier molecular flexibility index (Phi) is 5.01. The molecule has 142 valence electrons. The molecule has 0 aliphatic carbocycles. The number of halogens is 2. The van der Waals surface area contributed by atoms with E-state index in [4.69, 9.17) is 11.6 Å². The molecule has 0 aliphatic heterocycles. The molecule has 0 aliphatic rings. The van der Waals surface area contributed by atoms with Crippen molar-refractivity contribution in [1.29, 1.82) is 0 Å². The minimum atomic E-state index is -0.925. The first-order valence-electron chi connectivity index (χ1n) is 8.29. The summed E-state index contributed by atoms with van der Waals surface area (Å²) < 4.78 is 13.6. The fourth-order valence-corrected chi connectivity index (χ4v) is 2.82. The molecule has 3 rings (SSSR count). The molecule has 3 heterocycles. The number of nitrogens with zero attached hydrogens (tertiary/aromatic N) is 3. The number of aromatic amines is 1. The molecule has 0 spiro atoms. The van der Waals surface area contributed by atoms with Gasteiger partial charge < -0.3 is 15.4 Å². The number of hydrogen-bond donors (Lipinski definition) is 3. The molecular weight excluding hydrogens is 373 g/mol. The summed E-state index contributed by atoms with van der Waals surface area (Å²) in [5, 5.41) is 13.1. The van der Waals surface area contributed by atoms with Crippen molar-refractivity contribution in [1.82, 2.24) is 19.9 Å². The Labute approximate surface area is 160 Å². The number of aromatic nitrogens is 4. The second-order valence-corrected chi connectivity index (χ2v) is 7.71. The fraction of sp³-hybridized carbons (Fsp3) is 0.333. The highest BCUT2D eigenvalue weighted by atomic mass is 35.5. The molecule has 1 atom stereocenters. The molecule has 9 heteroatoms. The zero-order valence-corrected chi connectivity index (χ0v) is 15.8. The van der Waals surface area contributed by atoms with E-state index < -0.39 is 17.8 Å². The summed E-state index contributed by atoms with van der Waals surface area (Å²) in [6, 6.07) is 0.944. The van der Waals surface area contributed by atoms with Crippen LogP contribution in [0.3, 0.4) is 0 Å². The summed E-state index contributed by atoms with van der Waals surface area (Å²) in [7, 11) is 0. The second kappa shape index (κ2) is 7.11. The molecule has 3 N–H and O–H groups in total. The van der Waals surface area contributed by atoms with Gasteiger partial charge in [0, 0.05) is 23.2 Å². The summed E-state index contributed by atoms with van der Waals surface area (Å²) in [5.74, 6) is -0.749. The van der Waals surface area contributed by atoms with Crippen LogP contribution in [0.5, 0.6) is 0 Å². The molecule has 7 nitrogen and oxygen atoms in total. The predicted octanol–water partition coefficient (Wildman–Crippen LogP) is 4.11. The predicted molar refractivity (Wildman–Crippen MR) is 101 cm³/mol. The SMILES string of the molecule is CC(C)(C)C(CC(=O)O)Nc1nc(-c2c[nH]c3ncc(F)cc23)ncc1Cl. The number of fused-ring (bicyclic) bond motifs is 1. The lowest BCUT2D eigenvalue weighted by Crippen LogP contribution is -2.36. The molecule has 0 bridgehead atoms. The number of nitrogens with one attached hydrogen (secondary N) is 2. The molecular formula is C18H19ClFN5O2. The van der Waals surface area contributed by atoms with Crippen molar-refractivity contribution in [2.24, 2.45) is 5.41 Å². The number of anilines is 1. The highest BCUT2D eigenvalue weighted by Crippen LogP contribution is 2.31. The molecule has 0 saturated carbocycles. The highest BCUT2D eigenvalue weighted by Gasteiger charge is 2.28. The van der Waals surface area contributed by atoms with Gasteiger partial charge in [-0.25, -0.2) is 19.3 Å². The zero-order valence-electron chi connectivity index (χ0n) is 15.0. The Bertz CT molecular complexity index is 999. The van der Waals surface area contributed by atoms with Crippen molar-refractivity contribution in [2.75, 3.05) is 5.32 Å². The van der Waals surface area contributed by atoms with Gasteiger partial charge in [-0.05, 0) is 11.5 Å². The summed E-state index contributed by atoms with van der Waals surface area (Å²) >= 11 is 6.22. The quantitative estimate of drug-likeness (QED) is 0.604. The van der Waals surface area contributed by atoms with Crippen LogP contribution in [-0.4, -0.2) is 37.1 Å². The van der Waals surface area contributed by atoms with Crippen LogP contribution in [0.25, 0.3) is 22.4 Å². The van der Waals surface area contributed by atoms with Crippen LogP contribution >= 0.6 is 11.6 Å². The molecule has 1 unspecified atom stereocenters. The monoisotopic (exact) mass is 391 g/mol. The van der Waals surface area contributed by atoms with Gasteiger partial charge in [0.2, 0.25) is 0 Å². The van der Waals surface area contributed by atoms with Gasteiger partial charge in [-0.3, -0.25) is 4.79 Å². The van der Waals surface area contributed by atoms with E-state index in [1.165, 1.54) is 12.3 Å². The van der Waals surface area contributed by atoms with Crippen LogP contribution in [-0.2, 0) is 4.79 Å².